The highest BCUT2D eigenvalue weighted by atomic mass is 16.1. The predicted molar refractivity (Wildman–Crippen MR) is 84.2 cm³/mol. The van der Waals surface area contributed by atoms with E-state index in [0.29, 0.717) is 18.5 Å². The van der Waals surface area contributed by atoms with Crippen molar-refractivity contribution in [2.24, 2.45) is 5.73 Å². The largest absolute Gasteiger partial charge is 0.326 e. The lowest BCUT2D eigenvalue weighted by Crippen LogP contribution is -2.21. The van der Waals surface area contributed by atoms with Crippen LogP contribution in [-0.2, 0) is 13.1 Å². The first-order chi connectivity index (χ1) is 10.2. The van der Waals surface area contributed by atoms with Crippen LogP contribution in [-0.4, -0.2) is 9.55 Å². The second kappa shape index (κ2) is 5.50. The first-order valence-electron chi connectivity index (χ1n) is 6.91. The summed E-state index contributed by atoms with van der Waals surface area (Å²) in [5.41, 5.74) is 9.70. The Bertz CT molecular complexity index is 852. The third-order valence-corrected chi connectivity index (χ3v) is 3.71. The van der Waals surface area contributed by atoms with E-state index in [1.807, 2.05) is 43.3 Å². The van der Waals surface area contributed by atoms with Crippen molar-refractivity contribution in [1.29, 1.82) is 0 Å². The molecule has 1 heterocycles. The monoisotopic (exact) mass is 279 g/mol. The topological polar surface area (TPSA) is 60.9 Å². The molecule has 0 radical (unpaired) electrons. The molecule has 0 spiro atoms. The van der Waals surface area contributed by atoms with Crippen LogP contribution in [0.2, 0.25) is 0 Å². The van der Waals surface area contributed by atoms with Crippen molar-refractivity contribution < 1.29 is 0 Å². The average Bonchev–Trinajstić information content (AvgIpc) is 2.52. The average molecular weight is 279 g/mol. The molecule has 0 bridgehead atoms. The number of benzene rings is 2. The number of nitrogens with two attached hydrogens (primary N) is 1. The van der Waals surface area contributed by atoms with Crippen molar-refractivity contribution >= 4 is 10.9 Å². The van der Waals surface area contributed by atoms with Crippen LogP contribution in [0.5, 0.6) is 0 Å². The Hall–Kier alpha value is -2.46. The highest BCUT2D eigenvalue weighted by Crippen LogP contribution is 2.12. The van der Waals surface area contributed by atoms with Crippen LogP contribution in [0.25, 0.3) is 10.9 Å². The molecule has 0 saturated carbocycles. The number of rotatable bonds is 3. The summed E-state index contributed by atoms with van der Waals surface area (Å²) in [5.74, 6) is 0. The van der Waals surface area contributed by atoms with E-state index in [9.17, 15) is 4.79 Å². The van der Waals surface area contributed by atoms with E-state index in [-0.39, 0.29) is 5.56 Å². The Labute approximate surface area is 122 Å². The molecule has 21 heavy (non-hydrogen) atoms. The first kappa shape index (κ1) is 13.5. The van der Waals surface area contributed by atoms with Gasteiger partial charge < -0.3 is 5.73 Å². The van der Waals surface area contributed by atoms with E-state index < -0.39 is 0 Å². The fourth-order valence-corrected chi connectivity index (χ4v) is 2.46. The third kappa shape index (κ3) is 2.58. The van der Waals surface area contributed by atoms with Gasteiger partial charge in [0, 0.05) is 6.54 Å². The molecule has 3 aromatic rings. The maximum atomic E-state index is 12.5. The van der Waals surface area contributed by atoms with Gasteiger partial charge in [-0.3, -0.25) is 9.36 Å². The highest BCUT2D eigenvalue weighted by Gasteiger charge is 2.06. The van der Waals surface area contributed by atoms with Crippen molar-refractivity contribution in [3.8, 4) is 0 Å². The summed E-state index contributed by atoms with van der Waals surface area (Å²) < 4.78 is 1.65. The zero-order chi connectivity index (χ0) is 14.8. The molecule has 0 fully saturated rings. The van der Waals surface area contributed by atoms with Crippen LogP contribution < -0.4 is 11.3 Å². The molecule has 0 amide bonds. The van der Waals surface area contributed by atoms with Crippen LogP contribution in [0.3, 0.4) is 0 Å². The van der Waals surface area contributed by atoms with E-state index in [1.165, 1.54) is 0 Å². The lowest BCUT2D eigenvalue weighted by molar-refractivity contribution is 0.744. The van der Waals surface area contributed by atoms with Gasteiger partial charge in [0.05, 0.1) is 23.8 Å². The zero-order valence-corrected chi connectivity index (χ0v) is 11.9. The van der Waals surface area contributed by atoms with Crippen LogP contribution in [0, 0.1) is 6.92 Å². The standard InChI is InChI=1S/C17H17N3O/c1-12-8-13(9-18)6-7-14(12)10-20-11-19-16-5-3-2-4-15(16)17(20)21/h2-8,11H,9-10,18H2,1H3. The molecule has 106 valence electrons. The summed E-state index contributed by atoms with van der Waals surface area (Å²) in [6.07, 6.45) is 1.61. The molecule has 0 aliphatic rings. The minimum atomic E-state index is -0.0112. The SMILES string of the molecule is Cc1cc(CN)ccc1Cn1cnc2ccccc2c1=O. The Kier molecular flexibility index (Phi) is 3.54. The van der Waals surface area contributed by atoms with Gasteiger partial charge in [0.15, 0.2) is 0 Å². The molecular formula is C17H17N3O. The predicted octanol–water partition coefficient (Wildman–Crippen LogP) is 2.21. The van der Waals surface area contributed by atoms with Crippen molar-refractivity contribution in [1.82, 2.24) is 9.55 Å². The van der Waals surface area contributed by atoms with Gasteiger partial charge in [0.1, 0.15) is 0 Å². The summed E-state index contributed by atoms with van der Waals surface area (Å²) in [6, 6.07) is 13.5. The molecule has 0 saturated heterocycles. The van der Waals surface area contributed by atoms with E-state index >= 15 is 0 Å². The fraction of sp³-hybridized carbons (Fsp3) is 0.176. The molecule has 3 rings (SSSR count). The van der Waals surface area contributed by atoms with E-state index in [4.69, 9.17) is 5.73 Å². The minimum Gasteiger partial charge on any atom is -0.326 e. The zero-order valence-electron chi connectivity index (χ0n) is 11.9. The molecule has 0 atom stereocenters. The number of hydrogen-bond donors (Lipinski definition) is 1. The Morgan fingerprint density at radius 2 is 2.00 bits per heavy atom. The number of aryl methyl sites for hydroxylation is 1. The molecule has 4 heteroatoms. The van der Waals surface area contributed by atoms with E-state index in [1.54, 1.807) is 10.9 Å². The van der Waals surface area contributed by atoms with Gasteiger partial charge >= 0.3 is 0 Å². The molecule has 1 aromatic heterocycles. The maximum absolute atomic E-state index is 12.5. The molecule has 0 unspecified atom stereocenters. The molecule has 0 aliphatic carbocycles. The van der Waals surface area contributed by atoms with Crippen LogP contribution in [0.4, 0.5) is 0 Å². The van der Waals surface area contributed by atoms with Crippen molar-refractivity contribution in [3.05, 3.63) is 75.8 Å². The van der Waals surface area contributed by atoms with Crippen LogP contribution in [0.15, 0.2) is 53.6 Å². The molecule has 4 nitrogen and oxygen atoms in total. The second-order valence-corrected chi connectivity index (χ2v) is 5.16. The van der Waals surface area contributed by atoms with Gasteiger partial charge in [-0.1, -0.05) is 30.3 Å². The first-order valence-corrected chi connectivity index (χ1v) is 6.91. The van der Waals surface area contributed by atoms with E-state index in [0.717, 1.165) is 22.2 Å². The molecule has 2 N–H and O–H groups in total. The third-order valence-electron chi connectivity index (χ3n) is 3.71. The number of nitrogens with zero attached hydrogens (tertiary/aromatic N) is 2. The normalized spacial score (nSPS) is 11.0. The summed E-state index contributed by atoms with van der Waals surface area (Å²) in [6.45, 7) is 3.08. The lowest BCUT2D eigenvalue weighted by Gasteiger charge is -2.10. The Morgan fingerprint density at radius 1 is 1.19 bits per heavy atom. The number of hydrogen-bond acceptors (Lipinski definition) is 3. The Balaban J connectivity index is 2.02. The lowest BCUT2D eigenvalue weighted by atomic mass is 10.0. The Morgan fingerprint density at radius 3 is 2.76 bits per heavy atom. The van der Waals surface area contributed by atoms with Gasteiger partial charge in [-0.15, -0.1) is 0 Å². The number of aromatic nitrogens is 2. The fourth-order valence-electron chi connectivity index (χ4n) is 2.46. The van der Waals surface area contributed by atoms with E-state index in [2.05, 4.69) is 11.1 Å². The highest BCUT2D eigenvalue weighted by molar-refractivity contribution is 5.76. The van der Waals surface area contributed by atoms with Crippen LogP contribution >= 0.6 is 0 Å². The maximum Gasteiger partial charge on any atom is 0.261 e. The second-order valence-electron chi connectivity index (χ2n) is 5.16. The number of fused-ring (bicyclic) bond motifs is 1. The minimum absolute atomic E-state index is 0.0112. The summed E-state index contributed by atoms with van der Waals surface area (Å²) >= 11 is 0. The van der Waals surface area contributed by atoms with Gasteiger partial charge in [0.2, 0.25) is 0 Å². The van der Waals surface area contributed by atoms with Crippen molar-refractivity contribution in [2.75, 3.05) is 0 Å². The van der Waals surface area contributed by atoms with Gasteiger partial charge in [-0.05, 0) is 35.7 Å². The summed E-state index contributed by atoms with van der Waals surface area (Å²) in [7, 11) is 0. The molecule has 2 aromatic carbocycles. The molecular weight excluding hydrogens is 262 g/mol. The van der Waals surface area contributed by atoms with Gasteiger partial charge in [-0.25, -0.2) is 4.98 Å². The smallest absolute Gasteiger partial charge is 0.261 e. The number of para-hydroxylation sites is 1. The van der Waals surface area contributed by atoms with Crippen LogP contribution in [0.1, 0.15) is 16.7 Å². The van der Waals surface area contributed by atoms with Gasteiger partial charge in [-0.2, -0.15) is 0 Å². The summed E-state index contributed by atoms with van der Waals surface area (Å²) in [5, 5.41) is 0.649. The molecule has 0 aliphatic heterocycles. The van der Waals surface area contributed by atoms with Crippen molar-refractivity contribution in [3.63, 3.8) is 0 Å². The van der Waals surface area contributed by atoms with Gasteiger partial charge in [0.25, 0.3) is 5.56 Å². The summed E-state index contributed by atoms with van der Waals surface area (Å²) in [4.78, 5) is 16.8. The quantitative estimate of drug-likeness (QED) is 0.799. The van der Waals surface area contributed by atoms with Crippen molar-refractivity contribution in [2.45, 2.75) is 20.0 Å².